The van der Waals surface area contributed by atoms with E-state index in [1.807, 2.05) is 26.0 Å². The highest BCUT2D eigenvalue weighted by molar-refractivity contribution is 6.01. The van der Waals surface area contributed by atoms with E-state index in [4.69, 9.17) is 4.74 Å². The van der Waals surface area contributed by atoms with E-state index in [-0.39, 0.29) is 23.1 Å². The smallest absolute Gasteiger partial charge is 0.251 e. The average Bonchev–Trinajstić information content (AvgIpc) is 3.22. The molecule has 0 radical (unpaired) electrons. The summed E-state index contributed by atoms with van der Waals surface area (Å²) in [7, 11) is 1.55. The third-order valence-corrected chi connectivity index (χ3v) is 5.55. The van der Waals surface area contributed by atoms with Crippen molar-refractivity contribution in [2.75, 3.05) is 12.4 Å². The third-order valence-electron chi connectivity index (χ3n) is 5.55. The van der Waals surface area contributed by atoms with Gasteiger partial charge >= 0.3 is 0 Å². The van der Waals surface area contributed by atoms with Crippen molar-refractivity contribution in [3.05, 3.63) is 59.4 Å². The summed E-state index contributed by atoms with van der Waals surface area (Å²) in [5.74, 6) is 0.387. The Hall–Kier alpha value is -3.75. The summed E-state index contributed by atoms with van der Waals surface area (Å²) >= 11 is 0. The highest BCUT2D eigenvalue weighted by Crippen LogP contribution is 2.27. The van der Waals surface area contributed by atoms with Gasteiger partial charge in [-0.15, -0.1) is 5.10 Å². The van der Waals surface area contributed by atoms with Gasteiger partial charge in [-0.1, -0.05) is 46.8 Å². The van der Waals surface area contributed by atoms with Gasteiger partial charge in [0.2, 0.25) is 5.91 Å². The number of tetrazole rings is 1. The number of hydrogen-bond acceptors (Lipinski definition) is 6. The number of hydrogen-bond donors (Lipinski definition) is 2. The Morgan fingerprint density at radius 3 is 2.26 bits per heavy atom. The minimum Gasteiger partial charge on any atom is -0.494 e. The summed E-state index contributed by atoms with van der Waals surface area (Å²) in [5, 5.41) is 17.3. The Balaban J connectivity index is 1.78. The van der Waals surface area contributed by atoms with Crippen LogP contribution >= 0.6 is 0 Å². The number of nitrogens with one attached hydrogen (secondary N) is 2. The number of aromatic nitrogens is 4. The number of ether oxygens (including phenoxy) is 1. The lowest BCUT2D eigenvalue weighted by atomic mass is 9.86. The van der Waals surface area contributed by atoms with E-state index in [9.17, 15) is 9.59 Å². The van der Waals surface area contributed by atoms with Crippen molar-refractivity contribution < 1.29 is 14.3 Å². The molecule has 2 aromatic carbocycles. The largest absolute Gasteiger partial charge is 0.494 e. The van der Waals surface area contributed by atoms with Crippen molar-refractivity contribution in [2.24, 2.45) is 5.92 Å². The minimum absolute atomic E-state index is 0.00653. The molecule has 0 aliphatic heterocycles. The second-order valence-corrected chi connectivity index (χ2v) is 9.54. The number of anilines is 1. The van der Waals surface area contributed by atoms with Crippen LogP contribution in [0.2, 0.25) is 0 Å². The topological polar surface area (TPSA) is 111 Å². The van der Waals surface area contributed by atoms with Gasteiger partial charge in [0.15, 0.2) is 5.82 Å². The molecule has 0 fully saturated rings. The Labute approximate surface area is 199 Å². The van der Waals surface area contributed by atoms with Crippen LogP contribution in [-0.4, -0.2) is 45.2 Å². The number of nitrogens with zero attached hydrogens (tertiary/aromatic N) is 4. The molecule has 0 saturated carbocycles. The SMILES string of the molecule is COc1ccc(NC(=O)C(NC(=O)c2ccc(C(C)(C)C)cc2)C(C)C)cc1-n1nnnc1C. The van der Waals surface area contributed by atoms with Crippen LogP contribution in [-0.2, 0) is 10.2 Å². The van der Waals surface area contributed by atoms with Gasteiger partial charge in [-0.3, -0.25) is 9.59 Å². The van der Waals surface area contributed by atoms with E-state index in [2.05, 4.69) is 46.9 Å². The van der Waals surface area contributed by atoms with Crippen molar-refractivity contribution in [3.63, 3.8) is 0 Å². The predicted molar refractivity (Wildman–Crippen MR) is 130 cm³/mol. The lowest BCUT2D eigenvalue weighted by Crippen LogP contribution is -2.47. The van der Waals surface area contributed by atoms with Gasteiger partial charge in [0, 0.05) is 11.3 Å². The first-order valence-corrected chi connectivity index (χ1v) is 11.2. The van der Waals surface area contributed by atoms with Gasteiger partial charge in [-0.25, -0.2) is 0 Å². The molecule has 0 bridgehead atoms. The number of methoxy groups -OCH3 is 1. The first kappa shape index (κ1) is 24.9. The molecule has 0 aliphatic carbocycles. The Bertz CT molecular complexity index is 1160. The fourth-order valence-corrected chi connectivity index (χ4v) is 3.49. The van der Waals surface area contributed by atoms with E-state index in [1.54, 1.807) is 44.4 Å². The molecule has 9 heteroatoms. The van der Waals surface area contributed by atoms with Gasteiger partial charge in [-0.2, -0.15) is 4.68 Å². The maximum absolute atomic E-state index is 13.1. The maximum atomic E-state index is 13.1. The molecule has 1 heterocycles. The van der Waals surface area contributed by atoms with Gasteiger partial charge in [0.05, 0.1) is 7.11 Å². The lowest BCUT2D eigenvalue weighted by Gasteiger charge is -2.23. The molecule has 3 rings (SSSR count). The first-order valence-electron chi connectivity index (χ1n) is 11.2. The van der Waals surface area contributed by atoms with Gasteiger partial charge in [0.25, 0.3) is 5.91 Å². The summed E-state index contributed by atoms with van der Waals surface area (Å²) < 4.78 is 6.94. The standard InChI is InChI=1S/C25H32N6O3/c1-15(2)22(27-23(32)17-8-10-18(11-9-17)25(4,5)6)24(33)26-19-12-13-21(34-7)20(14-19)31-16(3)28-29-30-31/h8-15,22H,1-7H3,(H,26,33)(H,27,32). The second kappa shape index (κ2) is 10.0. The maximum Gasteiger partial charge on any atom is 0.251 e. The normalized spacial score (nSPS) is 12.4. The predicted octanol–water partition coefficient (Wildman–Crippen LogP) is 3.67. The van der Waals surface area contributed by atoms with Crippen LogP contribution in [0.15, 0.2) is 42.5 Å². The van der Waals surface area contributed by atoms with Crippen LogP contribution in [0.1, 0.15) is 56.4 Å². The fraction of sp³-hybridized carbons (Fsp3) is 0.400. The highest BCUT2D eigenvalue weighted by atomic mass is 16.5. The summed E-state index contributed by atoms with van der Waals surface area (Å²) in [6, 6.07) is 11.9. The van der Waals surface area contributed by atoms with Crippen molar-refractivity contribution in [1.82, 2.24) is 25.5 Å². The highest BCUT2D eigenvalue weighted by Gasteiger charge is 2.25. The lowest BCUT2D eigenvalue weighted by molar-refractivity contribution is -0.118. The molecule has 3 aromatic rings. The van der Waals surface area contributed by atoms with E-state index < -0.39 is 6.04 Å². The monoisotopic (exact) mass is 464 g/mol. The molecule has 2 N–H and O–H groups in total. The van der Waals surface area contributed by atoms with Crippen molar-refractivity contribution >= 4 is 17.5 Å². The van der Waals surface area contributed by atoms with Crippen LogP contribution in [0.25, 0.3) is 5.69 Å². The molecule has 1 unspecified atom stereocenters. The number of amides is 2. The van der Waals surface area contributed by atoms with Crippen molar-refractivity contribution in [1.29, 1.82) is 0 Å². The molecule has 0 aliphatic rings. The molecular formula is C25H32N6O3. The van der Waals surface area contributed by atoms with E-state index in [0.717, 1.165) is 5.56 Å². The van der Waals surface area contributed by atoms with Crippen LogP contribution in [0.5, 0.6) is 5.75 Å². The Morgan fingerprint density at radius 2 is 1.74 bits per heavy atom. The fourth-order valence-electron chi connectivity index (χ4n) is 3.49. The molecule has 2 amide bonds. The zero-order valence-electron chi connectivity index (χ0n) is 20.7. The summed E-state index contributed by atoms with van der Waals surface area (Å²) in [6.45, 7) is 11.9. The van der Waals surface area contributed by atoms with Crippen LogP contribution < -0.4 is 15.4 Å². The van der Waals surface area contributed by atoms with Gasteiger partial charge in [0.1, 0.15) is 17.5 Å². The van der Waals surface area contributed by atoms with Crippen molar-refractivity contribution in [3.8, 4) is 11.4 Å². The minimum atomic E-state index is -0.727. The Kier molecular flexibility index (Phi) is 7.34. The van der Waals surface area contributed by atoms with Gasteiger partial charge in [-0.05, 0) is 64.6 Å². The molecular weight excluding hydrogens is 432 g/mol. The molecule has 34 heavy (non-hydrogen) atoms. The van der Waals surface area contributed by atoms with Crippen LogP contribution in [0, 0.1) is 12.8 Å². The number of rotatable bonds is 7. The summed E-state index contributed by atoms with van der Waals surface area (Å²) in [6.07, 6.45) is 0. The molecule has 9 nitrogen and oxygen atoms in total. The molecule has 1 aromatic heterocycles. The third kappa shape index (κ3) is 5.59. The number of aryl methyl sites for hydroxylation is 1. The zero-order chi connectivity index (χ0) is 25.0. The van der Waals surface area contributed by atoms with E-state index >= 15 is 0 Å². The van der Waals surface area contributed by atoms with Crippen LogP contribution in [0.3, 0.4) is 0 Å². The van der Waals surface area contributed by atoms with Crippen LogP contribution in [0.4, 0.5) is 5.69 Å². The summed E-state index contributed by atoms with van der Waals surface area (Å²) in [5.41, 5.74) is 2.76. The molecule has 1 atom stereocenters. The zero-order valence-corrected chi connectivity index (χ0v) is 20.7. The number of carbonyl (C=O) groups excluding carboxylic acids is 2. The second-order valence-electron chi connectivity index (χ2n) is 9.54. The molecule has 180 valence electrons. The molecule has 0 spiro atoms. The van der Waals surface area contributed by atoms with E-state index in [1.165, 1.54) is 4.68 Å². The number of carbonyl (C=O) groups is 2. The molecule has 0 saturated heterocycles. The summed E-state index contributed by atoms with van der Waals surface area (Å²) in [4.78, 5) is 26.0. The number of benzene rings is 2. The van der Waals surface area contributed by atoms with E-state index in [0.29, 0.717) is 28.5 Å². The first-order chi connectivity index (χ1) is 16.0. The van der Waals surface area contributed by atoms with Crippen molar-refractivity contribution in [2.45, 2.75) is 53.0 Å². The van der Waals surface area contributed by atoms with Gasteiger partial charge < -0.3 is 15.4 Å². The average molecular weight is 465 g/mol. The quantitative estimate of drug-likeness (QED) is 0.552. The Morgan fingerprint density at radius 1 is 1.06 bits per heavy atom.